The van der Waals surface area contributed by atoms with E-state index in [1.165, 1.54) is 0 Å². The standard InChI is InChI=1S/C23H28N4O3/c28-22(24-14-16-8-12-30-13-9-16)20-19-15-26(23(29)18-6-7-18)10-11-27(19)21(25-20)17-4-2-1-3-5-17/h1-5,16,18H,6-15H2,(H,24,28). The number of fused-ring (bicyclic) bond motifs is 1. The first-order valence-electron chi connectivity index (χ1n) is 11.0. The van der Waals surface area contributed by atoms with Crippen LogP contribution in [0.1, 0.15) is 41.9 Å². The first kappa shape index (κ1) is 19.3. The lowest BCUT2D eigenvalue weighted by Gasteiger charge is -2.29. The Morgan fingerprint density at radius 3 is 2.57 bits per heavy atom. The third-order valence-corrected chi connectivity index (χ3v) is 6.38. The number of hydrogen-bond acceptors (Lipinski definition) is 4. The minimum Gasteiger partial charge on any atom is -0.381 e. The average molecular weight is 409 g/mol. The predicted molar refractivity (Wildman–Crippen MR) is 112 cm³/mol. The summed E-state index contributed by atoms with van der Waals surface area (Å²) in [5.74, 6) is 1.51. The molecule has 3 heterocycles. The predicted octanol–water partition coefficient (Wildman–Crippen LogP) is 2.46. The second-order valence-corrected chi connectivity index (χ2v) is 8.55. The van der Waals surface area contributed by atoms with Gasteiger partial charge in [-0.25, -0.2) is 4.98 Å². The number of carbonyl (C=O) groups excluding carboxylic acids is 2. The third-order valence-electron chi connectivity index (χ3n) is 6.38. The Bertz CT molecular complexity index is 929. The van der Waals surface area contributed by atoms with E-state index < -0.39 is 0 Å². The Hall–Kier alpha value is -2.67. The average Bonchev–Trinajstić information content (AvgIpc) is 3.58. The molecule has 1 aromatic heterocycles. The van der Waals surface area contributed by atoms with Crippen LogP contribution in [0.25, 0.3) is 11.4 Å². The molecule has 5 rings (SSSR count). The normalized spacial score (nSPS) is 19.4. The van der Waals surface area contributed by atoms with Crippen molar-refractivity contribution >= 4 is 11.8 Å². The van der Waals surface area contributed by atoms with Crippen molar-refractivity contribution in [1.82, 2.24) is 19.8 Å². The number of aromatic nitrogens is 2. The van der Waals surface area contributed by atoms with E-state index in [2.05, 4.69) is 9.88 Å². The molecule has 1 saturated heterocycles. The van der Waals surface area contributed by atoms with Gasteiger partial charge in [0, 0.05) is 44.3 Å². The van der Waals surface area contributed by atoms with Crippen molar-refractivity contribution < 1.29 is 14.3 Å². The maximum absolute atomic E-state index is 13.1. The SMILES string of the molecule is O=C(NCC1CCOCC1)c1nc(-c2ccccc2)n2c1CN(C(=O)C1CC1)CC2. The molecule has 0 radical (unpaired) electrons. The second kappa shape index (κ2) is 8.22. The molecule has 0 atom stereocenters. The largest absolute Gasteiger partial charge is 0.381 e. The lowest BCUT2D eigenvalue weighted by atomic mass is 10.0. The van der Waals surface area contributed by atoms with Crippen molar-refractivity contribution in [3.05, 3.63) is 41.7 Å². The number of ether oxygens (including phenoxy) is 1. The number of amides is 2. The van der Waals surface area contributed by atoms with Crippen LogP contribution in [-0.4, -0.2) is 52.6 Å². The fourth-order valence-corrected chi connectivity index (χ4v) is 4.41. The summed E-state index contributed by atoms with van der Waals surface area (Å²) in [6.45, 7) is 3.95. The van der Waals surface area contributed by atoms with Gasteiger partial charge >= 0.3 is 0 Å². The molecule has 0 spiro atoms. The summed E-state index contributed by atoms with van der Waals surface area (Å²) in [4.78, 5) is 32.4. The summed E-state index contributed by atoms with van der Waals surface area (Å²) in [6, 6.07) is 9.96. The highest BCUT2D eigenvalue weighted by Crippen LogP contribution is 2.33. The monoisotopic (exact) mass is 408 g/mol. The zero-order valence-corrected chi connectivity index (χ0v) is 17.2. The maximum Gasteiger partial charge on any atom is 0.271 e. The minimum atomic E-state index is -0.145. The molecule has 1 aromatic carbocycles. The van der Waals surface area contributed by atoms with E-state index in [0.717, 1.165) is 56.0 Å². The molecule has 30 heavy (non-hydrogen) atoms. The van der Waals surface area contributed by atoms with Gasteiger partial charge in [0.25, 0.3) is 5.91 Å². The summed E-state index contributed by atoms with van der Waals surface area (Å²) in [5, 5.41) is 3.09. The van der Waals surface area contributed by atoms with Crippen LogP contribution in [0.3, 0.4) is 0 Å². The number of hydrogen-bond donors (Lipinski definition) is 1. The van der Waals surface area contributed by atoms with E-state index in [-0.39, 0.29) is 17.7 Å². The zero-order chi connectivity index (χ0) is 20.5. The highest BCUT2D eigenvalue weighted by molar-refractivity contribution is 5.94. The van der Waals surface area contributed by atoms with Gasteiger partial charge in [-0.2, -0.15) is 0 Å². The Morgan fingerprint density at radius 2 is 1.83 bits per heavy atom. The summed E-state index contributed by atoms with van der Waals surface area (Å²) in [7, 11) is 0. The van der Waals surface area contributed by atoms with Crippen LogP contribution < -0.4 is 5.32 Å². The Kier molecular flexibility index (Phi) is 5.29. The third kappa shape index (κ3) is 3.86. The van der Waals surface area contributed by atoms with Gasteiger partial charge in [0.1, 0.15) is 5.82 Å². The van der Waals surface area contributed by atoms with Crippen LogP contribution in [0.5, 0.6) is 0 Å². The van der Waals surface area contributed by atoms with Crippen molar-refractivity contribution in [2.45, 2.75) is 38.8 Å². The fourth-order valence-electron chi connectivity index (χ4n) is 4.41. The molecule has 2 amide bonds. The van der Waals surface area contributed by atoms with Gasteiger partial charge in [-0.05, 0) is 31.6 Å². The number of nitrogens with zero attached hydrogens (tertiary/aromatic N) is 3. The number of benzene rings is 1. The molecule has 2 fully saturated rings. The molecule has 7 nitrogen and oxygen atoms in total. The van der Waals surface area contributed by atoms with E-state index >= 15 is 0 Å². The van der Waals surface area contributed by atoms with Crippen LogP contribution in [0, 0.1) is 11.8 Å². The molecule has 2 aromatic rings. The summed E-state index contributed by atoms with van der Waals surface area (Å²) >= 11 is 0. The fraction of sp³-hybridized carbons (Fsp3) is 0.522. The molecule has 1 N–H and O–H groups in total. The first-order valence-corrected chi connectivity index (χ1v) is 11.0. The van der Waals surface area contributed by atoms with E-state index in [0.29, 0.717) is 37.8 Å². The molecule has 158 valence electrons. The highest BCUT2D eigenvalue weighted by Gasteiger charge is 2.36. The van der Waals surface area contributed by atoms with Gasteiger partial charge in [-0.1, -0.05) is 30.3 Å². The summed E-state index contributed by atoms with van der Waals surface area (Å²) in [6.07, 6.45) is 3.92. The molecule has 3 aliphatic rings. The molecular weight excluding hydrogens is 380 g/mol. The molecule has 0 bridgehead atoms. The van der Waals surface area contributed by atoms with Crippen molar-refractivity contribution in [3.63, 3.8) is 0 Å². The zero-order valence-electron chi connectivity index (χ0n) is 17.2. The van der Waals surface area contributed by atoms with Crippen LogP contribution >= 0.6 is 0 Å². The quantitative estimate of drug-likeness (QED) is 0.825. The molecule has 0 unspecified atom stereocenters. The summed E-state index contributed by atoms with van der Waals surface area (Å²) in [5.41, 5.74) is 2.29. The molecular formula is C23H28N4O3. The van der Waals surface area contributed by atoms with E-state index in [4.69, 9.17) is 9.72 Å². The maximum atomic E-state index is 13.1. The summed E-state index contributed by atoms with van der Waals surface area (Å²) < 4.78 is 7.53. The van der Waals surface area contributed by atoms with Crippen LogP contribution in [0.15, 0.2) is 30.3 Å². The van der Waals surface area contributed by atoms with Crippen molar-refractivity contribution in [1.29, 1.82) is 0 Å². The Balaban J connectivity index is 1.41. The molecule has 1 saturated carbocycles. The lowest BCUT2D eigenvalue weighted by molar-refractivity contribution is -0.134. The van der Waals surface area contributed by atoms with Gasteiger partial charge in [0.2, 0.25) is 5.91 Å². The van der Waals surface area contributed by atoms with Crippen LogP contribution in [0.4, 0.5) is 0 Å². The smallest absolute Gasteiger partial charge is 0.271 e. The van der Waals surface area contributed by atoms with Gasteiger partial charge in [-0.3, -0.25) is 9.59 Å². The number of imidazole rings is 1. The van der Waals surface area contributed by atoms with Crippen LogP contribution in [0.2, 0.25) is 0 Å². The van der Waals surface area contributed by atoms with Gasteiger partial charge in [0.05, 0.1) is 12.2 Å². The molecule has 7 heteroatoms. The number of nitrogens with one attached hydrogen (secondary N) is 1. The van der Waals surface area contributed by atoms with E-state index in [9.17, 15) is 9.59 Å². The molecule has 1 aliphatic carbocycles. The van der Waals surface area contributed by atoms with Gasteiger partial charge in [-0.15, -0.1) is 0 Å². The lowest BCUT2D eigenvalue weighted by Crippen LogP contribution is -2.40. The second-order valence-electron chi connectivity index (χ2n) is 8.55. The number of rotatable bonds is 5. The molecule has 2 aliphatic heterocycles. The highest BCUT2D eigenvalue weighted by atomic mass is 16.5. The van der Waals surface area contributed by atoms with Crippen molar-refractivity contribution in [3.8, 4) is 11.4 Å². The van der Waals surface area contributed by atoms with Crippen molar-refractivity contribution in [2.24, 2.45) is 11.8 Å². The van der Waals surface area contributed by atoms with Gasteiger partial charge in [0.15, 0.2) is 5.69 Å². The first-order chi connectivity index (χ1) is 14.7. The number of carbonyl (C=O) groups is 2. The Morgan fingerprint density at radius 1 is 1.07 bits per heavy atom. The minimum absolute atomic E-state index is 0.145. The van der Waals surface area contributed by atoms with E-state index in [1.807, 2.05) is 35.2 Å². The topological polar surface area (TPSA) is 76.5 Å². The van der Waals surface area contributed by atoms with Crippen LogP contribution in [-0.2, 0) is 22.6 Å². The van der Waals surface area contributed by atoms with E-state index in [1.54, 1.807) is 0 Å². The Labute approximate surface area is 176 Å². The van der Waals surface area contributed by atoms with Crippen molar-refractivity contribution in [2.75, 3.05) is 26.3 Å². The van der Waals surface area contributed by atoms with Gasteiger partial charge < -0.3 is 19.5 Å².